The Morgan fingerprint density at radius 1 is 1.36 bits per heavy atom. The van der Waals surface area contributed by atoms with E-state index in [1.165, 1.54) is 5.56 Å². The van der Waals surface area contributed by atoms with Crippen molar-refractivity contribution in [3.05, 3.63) is 29.8 Å². The van der Waals surface area contributed by atoms with E-state index in [0.717, 1.165) is 5.69 Å². The number of rotatable bonds is 4. The summed E-state index contributed by atoms with van der Waals surface area (Å²) in [5.41, 5.74) is 7.32. The Morgan fingerprint density at radius 2 is 2.00 bits per heavy atom. The number of ether oxygens (including phenoxy) is 1. The molecule has 0 atom stereocenters. The van der Waals surface area contributed by atoms with Crippen LogP contribution < -0.4 is 11.1 Å². The molecule has 0 saturated heterocycles. The van der Waals surface area contributed by atoms with Crippen molar-refractivity contribution in [3.8, 4) is 0 Å². The Bertz CT molecular complexity index is 522. The lowest BCUT2D eigenvalue weighted by Gasteiger charge is -2.18. The summed E-state index contributed by atoms with van der Waals surface area (Å²) >= 11 is 0. The average Bonchev–Trinajstić information content (AvgIpc) is 2.34. The van der Waals surface area contributed by atoms with Crippen LogP contribution in [0.15, 0.2) is 29.3 Å². The number of halogens is 1. The van der Waals surface area contributed by atoms with Gasteiger partial charge in [-0.2, -0.15) is 0 Å². The zero-order valence-corrected chi connectivity index (χ0v) is 16.2. The number of carbonyl (C=O) groups is 1. The van der Waals surface area contributed by atoms with E-state index < -0.39 is 11.6 Å². The van der Waals surface area contributed by atoms with Gasteiger partial charge in [-0.3, -0.25) is 4.79 Å². The number of benzene rings is 1. The molecule has 0 amide bonds. The van der Waals surface area contributed by atoms with Crippen LogP contribution in [0.1, 0.15) is 46.1 Å². The van der Waals surface area contributed by atoms with Crippen molar-refractivity contribution in [2.75, 3.05) is 11.9 Å². The molecule has 0 aliphatic carbocycles. The maximum Gasteiger partial charge on any atom is 0.328 e. The number of aliphatic imine (C=N–C) groups is 1. The first kappa shape index (κ1) is 20.7. The molecule has 0 fully saturated rings. The average molecular weight is 419 g/mol. The smallest absolute Gasteiger partial charge is 0.328 e. The van der Waals surface area contributed by atoms with Gasteiger partial charge < -0.3 is 15.8 Å². The van der Waals surface area contributed by atoms with Gasteiger partial charge in [0, 0.05) is 5.69 Å². The number of nitrogens with two attached hydrogens (primary N) is 1. The van der Waals surface area contributed by atoms with E-state index in [4.69, 9.17) is 10.5 Å². The van der Waals surface area contributed by atoms with E-state index in [2.05, 4.69) is 30.2 Å². The quantitative estimate of drug-likeness (QED) is 0.339. The zero-order chi connectivity index (χ0) is 16.0. The molecule has 1 aromatic carbocycles. The Hall–Kier alpha value is -1.31. The topological polar surface area (TPSA) is 76.7 Å². The zero-order valence-electron chi connectivity index (χ0n) is 13.8. The Balaban J connectivity index is 0.00000441. The van der Waals surface area contributed by atoms with Gasteiger partial charge in [-0.15, -0.1) is 24.0 Å². The number of nitrogens with zero attached hydrogens (tertiary/aromatic N) is 1. The molecule has 6 heteroatoms. The third kappa shape index (κ3) is 8.21. The lowest BCUT2D eigenvalue weighted by molar-refractivity contribution is -0.152. The summed E-state index contributed by atoms with van der Waals surface area (Å²) in [6, 6.07) is 7.94. The highest BCUT2D eigenvalue weighted by atomic mass is 127. The minimum absolute atomic E-state index is 0. The van der Waals surface area contributed by atoms with Gasteiger partial charge in [-0.1, -0.05) is 26.0 Å². The molecule has 0 aliphatic rings. The van der Waals surface area contributed by atoms with E-state index in [0.29, 0.717) is 5.92 Å². The number of hydrogen-bond donors (Lipinski definition) is 2. The van der Waals surface area contributed by atoms with Crippen LogP contribution in [0.2, 0.25) is 0 Å². The van der Waals surface area contributed by atoms with Crippen molar-refractivity contribution in [1.29, 1.82) is 0 Å². The molecular formula is C16H26IN3O2. The molecule has 22 heavy (non-hydrogen) atoms. The SMILES string of the molecule is CC(C)c1cccc(NC(N)=NCC(=O)OC(C)(C)C)c1.I. The van der Waals surface area contributed by atoms with Crippen LogP contribution in [-0.2, 0) is 9.53 Å². The van der Waals surface area contributed by atoms with Crippen molar-refractivity contribution < 1.29 is 9.53 Å². The van der Waals surface area contributed by atoms with Crippen LogP contribution in [0.4, 0.5) is 5.69 Å². The summed E-state index contributed by atoms with van der Waals surface area (Å²) in [5.74, 6) is 0.233. The molecular weight excluding hydrogens is 393 g/mol. The van der Waals surface area contributed by atoms with Crippen LogP contribution >= 0.6 is 24.0 Å². The number of anilines is 1. The molecule has 0 saturated carbocycles. The van der Waals surface area contributed by atoms with E-state index in [-0.39, 0.29) is 36.5 Å². The highest BCUT2D eigenvalue weighted by Crippen LogP contribution is 2.18. The van der Waals surface area contributed by atoms with E-state index >= 15 is 0 Å². The molecule has 0 aliphatic heterocycles. The summed E-state index contributed by atoms with van der Waals surface area (Å²) in [6.45, 7) is 9.59. The molecule has 0 radical (unpaired) electrons. The Labute approximate surface area is 149 Å². The van der Waals surface area contributed by atoms with Gasteiger partial charge in [0.2, 0.25) is 0 Å². The lowest BCUT2D eigenvalue weighted by atomic mass is 10.0. The number of hydrogen-bond acceptors (Lipinski definition) is 3. The Morgan fingerprint density at radius 3 is 2.55 bits per heavy atom. The highest BCUT2D eigenvalue weighted by molar-refractivity contribution is 14.0. The van der Waals surface area contributed by atoms with Crippen molar-refractivity contribution in [2.45, 2.75) is 46.1 Å². The van der Waals surface area contributed by atoms with E-state index in [1.54, 1.807) is 0 Å². The normalized spacial score (nSPS) is 11.8. The standard InChI is InChI=1S/C16H25N3O2.HI/c1-11(2)12-7-6-8-13(9-12)19-15(17)18-10-14(20)21-16(3,4)5;/h6-9,11H,10H2,1-5H3,(H3,17,18,19);1H. The largest absolute Gasteiger partial charge is 0.459 e. The number of carbonyl (C=O) groups excluding carboxylic acids is 1. The molecule has 3 N–H and O–H groups in total. The van der Waals surface area contributed by atoms with Gasteiger partial charge >= 0.3 is 5.97 Å². The van der Waals surface area contributed by atoms with Crippen molar-refractivity contribution >= 4 is 41.6 Å². The minimum Gasteiger partial charge on any atom is -0.459 e. The second-order valence-electron chi connectivity index (χ2n) is 6.19. The van der Waals surface area contributed by atoms with Gasteiger partial charge in [0.1, 0.15) is 12.1 Å². The number of nitrogens with one attached hydrogen (secondary N) is 1. The number of guanidine groups is 1. The van der Waals surface area contributed by atoms with E-state index in [9.17, 15) is 4.79 Å². The van der Waals surface area contributed by atoms with Crippen LogP contribution in [-0.4, -0.2) is 24.1 Å². The molecule has 1 aromatic rings. The number of esters is 1. The maximum absolute atomic E-state index is 11.5. The molecule has 0 spiro atoms. The van der Waals surface area contributed by atoms with Crippen molar-refractivity contribution in [2.24, 2.45) is 10.7 Å². The molecule has 0 bridgehead atoms. The predicted molar refractivity (Wildman–Crippen MR) is 102 cm³/mol. The maximum atomic E-state index is 11.5. The van der Waals surface area contributed by atoms with Crippen LogP contribution in [0.5, 0.6) is 0 Å². The second-order valence-corrected chi connectivity index (χ2v) is 6.19. The summed E-state index contributed by atoms with van der Waals surface area (Å²) in [7, 11) is 0. The molecule has 0 aromatic heterocycles. The van der Waals surface area contributed by atoms with E-state index in [1.807, 2.05) is 39.0 Å². The van der Waals surface area contributed by atoms with Gasteiger partial charge in [-0.25, -0.2) is 4.99 Å². The molecule has 124 valence electrons. The highest BCUT2D eigenvalue weighted by Gasteiger charge is 2.15. The van der Waals surface area contributed by atoms with Gasteiger partial charge in [0.25, 0.3) is 0 Å². The summed E-state index contributed by atoms with van der Waals surface area (Å²) in [6.07, 6.45) is 0. The van der Waals surface area contributed by atoms with Gasteiger partial charge in [0.15, 0.2) is 5.96 Å². The minimum atomic E-state index is -0.514. The fourth-order valence-corrected chi connectivity index (χ4v) is 1.69. The Kier molecular flexibility index (Phi) is 8.44. The van der Waals surface area contributed by atoms with Gasteiger partial charge in [-0.05, 0) is 44.4 Å². The third-order valence-electron chi connectivity index (χ3n) is 2.62. The van der Waals surface area contributed by atoms with Crippen molar-refractivity contribution in [1.82, 2.24) is 0 Å². The fourth-order valence-electron chi connectivity index (χ4n) is 1.69. The van der Waals surface area contributed by atoms with Crippen LogP contribution in [0.25, 0.3) is 0 Å². The third-order valence-corrected chi connectivity index (χ3v) is 2.62. The lowest BCUT2D eigenvalue weighted by Crippen LogP contribution is -2.28. The first-order valence-corrected chi connectivity index (χ1v) is 7.06. The molecule has 5 nitrogen and oxygen atoms in total. The summed E-state index contributed by atoms with van der Waals surface area (Å²) < 4.78 is 5.16. The first-order chi connectivity index (χ1) is 9.67. The first-order valence-electron chi connectivity index (χ1n) is 7.06. The van der Waals surface area contributed by atoms with Gasteiger partial charge in [0.05, 0.1) is 0 Å². The monoisotopic (exact) mass is 419 g/mol. The molecule has 0 unspecified atom stereocenters. The van der Waals surface area contributed by atoms with Crippen molar-refractivity contribution in [3.63, 3.8) is 0 Å². The summed E-state index contributed by atoms with van der Waals surface area (Å²) in [5, 5.41) is 2.98. The van der Waals surface area contributed by atoms with Crippen LogP contribution in [0.3, 0.4) is 0 Å². The summed E-state index contributed by atoms with van der Waals surface area (Å²) in [4.78, 5) is 15.5. The van der Waals surface area contributed by atoms with Crippen LogP contribution in [0, 0.1) is 0 Å². The second kappa shape index (κ2) is 8.97. The predicted octanol–water partition coefficient (Wildman–Crippen LogP) is 3.50. The fraction of sp³-hybridized carbons (Fsp3) is 0.500. The molecule has 1 rings (SSSR count). The molecule has 0 heterocycles.